The fourth-order valence-corrected chi connectivity index (χ4v) is 1.46. The molecule has 80 valence electrons. The zero-order chi connectivity index (χ0) is 11.7. The topological polar surface area (TPSA) is 45.9 Å². The van der Waals surface area contributed by atoms with Crippen LogP contribution in [0.1, 0.15) is 5.56 Å². The van der Waals surface area contributed by atoms with E-state index in [0.29, 0.717) is 0 Å². The Labute approximate surface area is 89.9 Å². The Morgan fingerprint density at radius 2 is 2.00 bits per heavy atom. The third kappa shape index (κ3) is 1.36. The molecule has 0 N–H and O–H groups in total. The van der Waals surface area contributed by atoms with Gasteiger partial charge in [0.25, 0.3) is 0 Å². The van der Waals surface area contributed by atoms with Gasteiger partial charge >= 0.3 is 0 Å². The highest BCUT2D eigenvalue weighted by atomic mass is 19.2. The van der Waals surface area contributed by atoms with Crippen molar-refractivity contribution >= 4 is 10.8 Å². The van der Waals surface area contributed by atoms with Gasteiger partial charge in [-0.15, -0.1) is 0 Å². The number of hydrogen-bond donors (Lipinski definition) is 0. The Balaban J connectivity index is 2.94. The Bertz CT molecular complexity index is 605. The minimum absolute atomic E-state index is 0.0302. The van der Waals surface area contributed by atoms with E-state index in [1.165, 1.54) is 25.6 Å². The van der Waals surface area contributed by atoms with Crippen molar-refractivity contribution in [1.82, 2.24) is 4.98 Å². The molecule has 0 atom stereocenters. The highest BCUT2D eigenvalue weighted by Crippen LogP contribution is 2.29. The van der Waals surface area contributed by atoms with Crippen LogP contribution in [0.3, 0.4) is 0 Å². The first kappa shape index (κ1) is 10.3. The van der Waals surface area contributed by atoms with Crippen molar-refractivity contribution < 1.29 is 13.5 Å². The largest absolute Gasteiger partial charge is 0.494 e. The first-order valence-electron chi connectivity index (χ1n) is 4.39. The Morgan fingerprint density at radius 3 is 2.62 bits per heavy atom. The minimum atomic E-state index is -1.08. The maximum Gasteiger partial charge on any atom is 0.201 e. The van der Waals surface area contributed by atoms with Gasteiger partial charge in [-0.1, -0.05) is 0 Å². The van der Waals surface area contributed by atoms with Gasteiger partial charge in [-0.3, -0.25) is 4.98 Å². The van der Waals surface area contributed by atoms with Crippen LogP contribution in [0, 0.1) is 23.0 Å². The monoisotopic (exact) mass is 220 g/mol. The molecule has 0 bridgehead atoms. The van der Waals surface area contributed by atoms with E-state index in [2.05, 4.69) is 9.72 Å². The molecule has 0 spiro atoms. The van der Waals surface area contributed by atoms with Crippen LogP contribution in [0.4, 0.5) is 8.78 Å². The lowest BCUT2D eigenvalue weighted by molar-refractivity contribution is 0.374. The van der Waals surface area contributed by atoms with E-state index in [1.807, 2.05) is 6.07 Å². The number of methoxy groups -OCH3 is 1. The van der Waals surface area contributed by atoms with E-state index in [0.717, 1.165) is 0 Å². The molecule has 0 radical (unpaired) electrons. The van der Waals surface area contributed by atoms with Gasteiger partial charge in [0, 0.05) is 23.2 Å². The van der Waals surface area contributed by atoms with Crippen molar-refractivity contribution in [3.63, 3.8) is 0 Å². The molecule has 1 heterocycles. The Hall–Kier alpha value is -2.22. The molecule has 0 saturated heterocycles. The zero-order valence-corrected chi connectivity index (χ0v) is 8.29. The fourth-order valence-electron chi connectivity index (χ4n) is 1.46. The average Bonchev–Trinajstić information content (AvgIpc) is 2.33. The first-order chi connectivity index (χ1) is 7.69. The van der Waals surface area contributed by atoms with Gasteiger partial charge in [0.05, 0.1) is 12.7 Å². The smallest absolute Gasteiger partial charge is 0.201 e. The maximum atomic E-state index is 13.6. The van der Waals surface area contributed by atoms with E-state index in [-0.39, 0.29) is 22.1 Å². The van der Waals surface area contributed by atoms with Crippen LogP contribution >= 0.6 is 0 Å². The summed E-state index contributed by atoms with van der Waals surface area (Å²) in [6.07, 6.45) is 2.47. The lowest BCUT2D eigenvalue weighted by atomic mass is 10.1. The lowest BCUT2D eigenvalue weighted by Crippen LogP contribution is -1.95. The number of nitriles is 1. The summed E-state index contributed by atoms with van der Waals surface area (Å²) in [5.74, 6) is -2.36. The van der Waals surface area contributed by atoms with Crippen molar-refractivity contribution in [3.8, 4) is 11.8 Å². The van der Waals surface area contributed by atoms with Crippen molar-refractivity contribution in [3.05, 3.63) is 35.7 Å². The Kier molecular flexibility index (Phi) is 2.41. The van der Waals surface area contributed by atoms with Gasteiger partial charge in [0.2, 0.25) is 5.82 Å². The number of hydrogen-bond acceptors (Lipinski definition) is 3. The van der Waals surface area contributed by atoms with Crippen molar-refractivity contribution in [2.75, 3.05) is 7.11 Å². The molecule has 0 saturated carbocycles. The van der Waals surface area contributed by atoms with Gasteiger partial charge in [-0.05, 0) is 6.07 Å². The van der Waals surface area contributed by atoms with Crippen LogP contribution in [0.2, 0.25) is 0 Å². The second-order valence-electron chi connectivity index (χ2n) is 3.10. The number of aromatic nitrogens is 1. The molecule has 1 aromatic carbocycles. The second kappa shape index (κ2) is 3.74. The summed E-state index contributed by atoms with van der Waals surface area (Å²) >= 11 is 0. The molecular formula is C11H6F2N2O. The van der Waals surface area contributed by atoms with Crippen molar-refractivity contribution in [2.45, 2.75) is 0 Å². The number of fused-ring (bicyclic) bond motifs is 1. The standard InChI is InChI=1S/C11H6F2N2O/c1-16-9-2-7-6(3-14)4-15-5-8(7)10(12)11(9)13/h2,4-5H,1H3. The van der Waals surface area contributed by atoms with Crippen LogP contribution in [-0.4, -0.2) is 12.1 Å². The second-order valence-corrected chi connectivity index (χ2v) is 3.10. The van der Waals surface area contributed by atoms with Gasteiger partial charge in [-0.2, -0.15) is 9.65 Å². The molecule has 0 aliphatic rings. The predicted octanol–water partition coefficient (Wildman–Crippen LogP) is 2.39. The molecule has 2 rings (SSSR count). The number of benzene rings is 1. The zero-order valence-electron chi connectivity index (χ0n) is 8.29. The SMILES string of the molecule is COc1cc2c(C#N)cncc2c(F)c1F. The molecule has 0 fully saturated rings. The summed E-state index contributed by atoms with van der Waals surface area (Å²) in [4.78, 5) is 3.67. The number of rotatable bonds is 1. The van der Waals surface area contributed by atoms with E-state index in [9.17, 15) is 8.78 Å². The first-order valence-corrected chi connectivity index (χ1v) is 4.39. The molecule has 5 heteroatoms. The number of ether oxygens (including phenoxy) is 1. The molecule has 0 aliphatic heterocycles. The molecule has 0 aliphatic carbocycles. The van der Waals surface area contributed by atoms with Gasteiger partial charge in [-0.25, -0.2) is 4.39 Å². The highest BCUT2D eigenvalue weighted by Gasteiger charge is 2.15. The Morgan fingerprint density at radius 1 is 1.25 bits per heavy atom. The third-order valence-electron chi connectivity index (χ3n) is 2.25. The van der Waals surface area contributed by atoms with Crippen LogP contribution in [-0.2, 0) is 0 Å². The molecular weight excluding hydrogens is 214 g/mol. The average molecular weight is 220 g/mol. The fraction of sp³-hybridized carbons (Fsp3) is 0.0909. The number of nitrogens with zero attached hydrogens (tertiary/aromatic N) is 2. The van der Waals surface area contributed by atoms with E-state index < -0.39 is 11.6 Å². The maximum absolute atomic E-state index is 13.6. The summed E-state index contributed by atoms with van der Waals surface area (Å²) in [6, 6.07) is 3.15. The number of halogens is 2. The molecule has 3 nitrogen and oxygen atoms in total. The highest BCUT2D eigenvalue weighted by molar-refractivity contribution is 5.88. The van der Waals surface area contributed by atoms with Crippen LogP contribution in [0.15, 0.2) is 18.5 Å². The van der Waals surface area contributed by atoms with Crippen LogP contribution in [0.5, 0.6) is 5.75 Å². The van der Waals surface area contributed by atoms with E-state index >= 15 is 0 Å². The molecule has 0 unspecified atom stereocenters. The van der Waals surface area contributed by atoms with Gasteiger partial charge in [0.15, 0.2) is 11.6 Å². The van der Waals surface area contributed by atoms with Crippen LogP contribution in [0.25, 0.3) is 10.8 Å². The van der Waals surface area contributed by atoms with Crippen molar-refractivity contribution in [2.24, 2.45) is 0 Å². The summed E-state index contributed by atoms with van der Waals surface area (Å²) in [6.45, 7) is 0. The molecule has 0 amide bonds. The van der Waals surface area contributed by atoms with E-state index in [4.69, 9.17) is 5.26 Å². The third-order valence-corrected chi connectivity index (χ3v) is 2.25. The lowest BCUT2D eigenvalue weighted by Gasteiger charge is -2.06. The molecule has 2 aromatic rings. The predicted molar refractivity (Wildman–Crippen MR) is 52.9 cm³/mol. The summed E-state index contributed by atoms with van der Waals surface area (Å²) in [5.41, 5.74) is 0.176. The normalized spacial score (nSPS) is 10.1. The van der Waals surface area contributed by atoms with Crippen molar-refractivity contribution in [1.29, 1.82) is 5.26 Å². The summed E-state index contributed by atoms with van der Waals surface area (Å²) < 4.78 is 31.6. The minimum Gasteiger partial charge on any atom is -0.494 e. The van der Waals surface area contributed by atoms with Crippen LogP contribution < -0.4 is 4.74 Å². The molecule has 16 heavy (non-hydrogen) atoms. The van der Waals surface area contributed by atoms with Gasteiger partial charge < -0.3 is 4.74 Å². The summed E-state index contributed by atoms with van der Waals surface area (Å²) in [5, 5.41) is 9.07. The number of pyridine rings is 1. The molecule has 1 aromatic heterocycles. The quantitative estimate of drug-likeness (QED) is 0.741. The van der Waals surface area contributed by atoms with E-state index in [1.54, 1.807) is 0 Å². The van der Waals surface area contributed by atoms with Gasteiger partial charge in [0.1, 0.15) is 6.07 Å². The summed E-state index contributed by atoms with van der Waals surface area (Å²) in [7, 11) is 1.23.